The number of nitrogens with one attached hydrogen (secondary N) is 1. The average molecular weight is 343 g/mol. The highest BCUT2D eigenvalue weighted by molar-refractivity contribution is 5.51. The molecule has 0 aliphatic heterocycles. The zero-order chi connectivity index (χ0) is 18.4. The van der Waals surface area contributed by atoms with Crippen LogP contribution in [0.4, 0.5) is 11.4 Å². The SMILES string of the molecule is CCCCC(C#N)(Cc1ncc[nH]1)c1cc([N+](=O)[O-])cc([N+](=O)[O-])c1. The lowest BCUT2D eigenvalue weighted by Gasteiger charge is -2.26. The number of hydrogen-bond donors (Lipinski definition) is 1. The molecule has 9 heteroatoms. The maximum atomic E-state index is 11.2. The third-order valence-electron chi connectivity index (χ3n) is 4.07. The normalized spacial score (nSPS) is 13.0. The Kier molecular flexibility index (Phi) is 5.44. The lowest BCUT2D eigenvalue weighted by Crippen LogP contribution is -2.28. The van der Waals surface area contributed by atoms with Gasteiger partial charge in [0.05, 0.1) is 27.4 Å². The quantitative estimate of drug-likeness (QED) is 0.575. The standard InChI is InChI=1S/C16H17N5O4/c1-2-3-4-16(11-17,10-15-18-5-6-19-15)12-7-13(20(22)23)9-14(8-12)21(24)25/h5-9H,2-4,10H2,1H3,(H,18,19). The number of nitrogens with zero attached hydrogens (tertiary/aromatic N) is 4. The summed E-state index contributed by atoms with van der Waals surface area (Å²) in [4.78, 5) is 28.0. The minimum atomic E-state index is -1.13. The Balaban J connectivity index is 2.61. The highest BCUT2D eigenvalue weighted by atomic mass is 16.6. The molecule has 1 aromatic heterocycles. The van der Waals surface area contributed by atoms with Gasteiger partial charge in [-0.15, -0.1) is 0 Å². The molecule has 130 valence electrons. The molecule has 0 spiro atoms. The molecule has 0 saturated carbocycles. The molecule has 0 aliphatic carbocycles. The van der Waals surface area contributed by atoms with Gasteiger partial charge in [0.25, 0.3) is 11.4 Å². The van der Waals surface area contributed by atoms with Gasteiger partial charge in [-0.1, -0.05) is 19.8 Å². The van der Waals surface area contributed by atoms with Gasteiger partial charge in [0.2, 0.25) is 0 Å². The molecule has 1 unspecified atom stereocenters. The van der Waals surface area contributed by atoms with Crippen LogP contribution >= 0.6 is 0 Å². The highest BCUT2D eigenvalue weighted by Crippen LogP contribution is 2.37. The molecule has 0 amide bonds. The van der Waals surface area contributed by atoms with Crippen molar-refractivity contribution in [2.24, 2.45) is 0 Å². The summed E-state index contributed by atoms with van der Waals surface area (Å²) in [5, 5.41) is 32.2. The Labute approximate surface area is 143 Å². The first-order valence-corrected chi connectivity index (χ1v) is 7.75. The number of nitro groups is 2. The van der Waals surface area contributed by atoms with E-state index in [4.69, 9.17) is 0 Å². The van der Waals surface area contributed by atoms with Crippen LogP contribution in [-0.4, -0.2) is 19.8 Å². The molecule has 0 bridgehead atoms. The largest absolute Gasteiger partial charge is 0.349 e. The van der Waals surface area contributed by atoms with E-state index < -0.39 is 26.6 Å². The van der Waals surface area contributed by atoms with Crippen LogP contribution in [0.1, 0.15) is 37.6 Å². The molecule has 0 aliphatic rings. The lowest BCUT2D eigenvalue weighted by atomic mass is 9.74. The van der Waals surface area contributed by atoms with Crippen molar-refractivity contribution < 1.29 is 9.85 Å². The molecule has 1 heterocycles. The predicted molar refractivity (Wildman–Crippen MR) is 88.9 cm³/mol. The van der Waals surface area contributed by atoms with Crippen LogP contribution in [0.2, 0.25) is 0 Å². The van der Waals surface area contributed by atoms with Crippen molar-refractivity contribution in [3.8, 4) is 6.07 Å². The Hall–Kier alpha value is -3.28. The first-order valence-electron chi connectivity index (χ1n) is 7.75. The molecule has 1 aromatic carbocycles. The monoisotopic (exact) mass is 343 g/mol. The van der Waals surface area contributed by atoms with Gasteiger partial charge in [0, 0.05) is 30.9 Å². The maximum Gasteiger partial charge on any atom is 0.276 e. The molecule has 2 aromatic rings. The summed E-state index contributed by atoms with van der Waals surface area (Å²) in [6.45, 7) is 1.96. The van der Waals surface area contributed by atoms with Crippen molar-refractivity contribution >= 4 is 11.4 Å². The third-order valence-corrected chi connectivity index (χ3v) is 4.07. The van der Waals surface area contributed by atoms with Crippen LogP contribution in [0.15, 0.2) is 30.6 Å². The van der Waals surface area contributed by atoms with Crippen molar-refractivity contribution in [3.63, 3.8) is 0 Å². The number of nitriles is 1. The van der Waals surface area contributed by atoms with E-state index in [2.05, 4.69) is 16.0 Å². The molecule has 0 radical (unpaired) electrons. The van der Waals surface area contributed by atoms with Gasteiger partial charge in [0.1, 0.15) is 5.82 Å². The Bertz CT molecular complexity index is 780. The highest BCUT2D eigenvalue weighted by Gasteiger charge is 2.36. The van der Waals surface area contributed by atoms with Crippen LogP contribution < -0.4 is 0 Å². The minimum Gasteiger partial charge on any atom is -0.349 e. The summed E-state index contributed by atoms with van der Waals surface area (Å²) in [6, 6.07) is 5.62. The number of nitro benzene ring substituents is 2. The van der Waals surface area contributed by atoms with Gasteiger partial charge < -0.3 is 4.98 Å². The van der Waals surface area contributed by atoms with E-state index in [1.165, 1.54) is 12.1 Å². The van der Waals surface area contributed by atoms with Gasteiger partial charge in [-0.25, -0.2) is 4.98 Å². The van der Waals surface area contributed by atoms with Crippen LogP contribution in [0.25, 0.3) is 0 Å². The molecule has 2 rings (SSSR count). The van der Waals surface area contributed by atoms with Crippen LogP contribution in [0.5, 0.6) is 0 Å². The summed E-state index contributed by atoms with van der Waals surface area (Å²) in [7, 11) is 0. The summed E-state index contributed by atoms with van der Waals surface area (Å²) in [5.41, 5.74) is -1.68. The third kappa shape index (κ3) is 3.98. The van der Waals surface area contributed by atoms with Crippen LogP contribution in [-0.2, 0) is 11.8 Å². The fourth-order valence-corrected chi connectivity index (χ4v) is 2.74. The van der Waals surface area contributed by atoms with E-state index in [-0.39, 0.29) is 12.0 Å². The second-order valence-electron chi connectivity index (χ2n) is 5.76. The molecular weight excluding hydrogens is 326 g/mol. The molecule has 1 N–H and O–H groups in total. The fourth-order valence-electron chi connectivity index (χ4n) is 2.74. The average Bonchev–Trinajstić information content (AvgIpc) is 3.11. The number of aromatic nitrogens is 2. The van der Waals surface area contributed by atoms with Crippen LogP contribution in [0.3, 0.4) is 0 Å². The van der Waals surface area contributed by atoms with E-state index >= 15 is 0 Å². The van der Waals surface area contributed by atoms with Gasteiger partial charge in [0.15, 0.2) is 0 Å². The Morgan fingerprint density at radius 1 is 1.24 bits per heavy atom. The zero-order valence-corrected chi connectivity index (χ0v) is 13.6. The number of rotatable bonds is 8. The molecule has 25 heavy (non-hydrogen) atoms. The molecular formula is C16H17N5O4. The maximum absolute atomic E-state index is 11.2. The second kappa shape index (κ2) is 7.53. The van der Waals surface area contributed by atoms with E-state index in [1.807, 2.05) is 6.92 Å². The van der Waals surface area contributed by atoms with E-state index in [0.29, 0.717) is 18.7 Å². The van der Waals surface area contributed by atoms with E-state index in [1.54, 1.807) is 12.4 Å². The van der Waals surface area contributed by atoms with Gasteiger partial charge in [-0.05, 0) is 12.0 Å². The van der Waals surface area contributed by atoms with Gasteiger partial charge >= 0.3 is 0 Å². The van der Waals surface area contributed by atoms with Crippen molar-refractivity contribution in [3.05, 3.63) is 62.2 Å². The first-order chi connectivity index (χ1) is 11.9. The second-order valence-corrected chi connectivity index (χ2v) is 5.76. The number of benzene rings is 1. The molecule has 0 fully saturated rings. The van der Waals surface area contributed by atoms with E-state index in [9.17, 15) is 25.5 Å². The first kappa shape index (κ1) is 18.1. The van der Waals surface area contributed by atoms with Crippen molar-refractivity contribution in [2.75, 3.05) is 0 Å². The minimum absolute atomic E-state index is 0.189. The Morgan fingerprint density at radius 3 is 2.32 bits per heavy atom. The fraction of sp³-hybridized carbons (Fsp3) is 0.375. The summed E-state index contributed by atoms with van der Waals surface area (Å²) in [5.74, 6) is 0.548. The summed E-state index contributed by atoms with van der Waals surface area (Å²) < 4.78 is 0. The summed E-state index contributed by atoms with van der Waals surface area (Å²) >= 11 is 0. The zero-order valence-electron chi connectivity index (χ0n) is 13.6. The van der Waals surface area contributed by atoms with Gasteiger partial charge in [-0.2, -0.15) is 5.26 Å². The van der Waals surface area contributed by atoms with Crippen LogP contribution in [0, 0.1) is 31.6 Å². The number of imidazole rings is 1. The summed E-state index contributed by atoms with van der Waals surface area (Å²) in [6.07, 6.45) is 5.29. The molecule has 1 atom stereocenters. The van der Waals surface area contributed by atoms with Crippen molar-refractivity contribution in [1.82, 2.24) is 9.97 Å². The molecule has 9 nitrogen and oxygen atoms in total. The number of aromatic amines is 1. The number of non-ortho nitro benzene ring substituents is 2. The smallest absolute Gasteiger partial charge is 0.276 e. The number of H-pyrrole nitrogens is 1. The lowest BCUT2D eigenvalue weighted by molar-refractivity contribution is -0.394. The Morgan fingerprint density at radius 2 is 1.88 bits per heavy atom. The van der Waals surface area contributed by atoms with E-state index in [0.717, 1.165) is 12.5 Å². The predicted octanol–water partition coefficient (Wildman–Crippen LogP) is 3.42. The van der Waals surface area contributed by atoms with Gasteiger partial charge in [-0.3, -0.25) is 20.2 Å². The van der Waals surface area contributed by atoms with Crippen molar-refractivity contribution in [2.45, 2.75) is 38.0 Å². The number of unbranched alkanes of at least 4 members (excludes halogenated alkanes) is 1. The van der Waals surface area contributed by atoms with Crippen molar-refractivity contribution in [1.29, 1.82) is 5.26 Å². The number of hydrogen-bond acceptors (Lipinski definition) is 6. The topological polar surface area (TPSA) is 139 Å². The molecule has 0 saturated heterocycles.